The van der Waals surface area contributed by atoms with Crippen LogP contribution in [-0.2, 0) is 22.6 Å². The number of aromatic nitrogens is 1. The van der Waals surface area contributed by atoms with Crippen LogP contribution < -0.4 is 15.1 Å². The molecule has 3 aromatic carbocycles. The SMILES string of the molecule is O=C1CC[C@H](N2Cc3cc(N4CCN(CC5CCN(c6ccc([C@@H]7c8ccc(O)cc8CC[C@@H]7c7ccncc7)cc6)CC5)CC4)ccc3C2=O)C(=O)N1. The second-order valence-corrected chi connectivity index (χ2v) is 15.8. The number of fused-ring (bicyclic) bond motifs is 2. The maximum atomic E-state index is 13.1. The van der Waals surface area contributed by atoms with Gasteiger partial charge in [0, 0.05) is 94.0 Å². The summed E-state index contributed by atoms with van der Waals surface area (Å²) in [4.78, 5) is 50.7. The normalized spacial score (nSPS) is 23.7. The Bertz CT molecular complexity index is 2040. The summed E-state index contributed by atoms with van der Waals surface area (Å²) >= 11 is 0. The highest BCUT2D eigenvalue weighted by atomic mass is 16.3. The molecule has 2 N–H and O–H groups in total. The topological polar surface area (TPSA) is 109 Å². The number of hydrogen-bond donors (Lipinski definition) is 2. The molecule has 0 spiro atoms. The lowest BCUT2D eigenvalue weighted by Gasteiger charge is -2.40. The van der Waals surface area contributed by atoms with Crippen molar-refractivity contribution in [1.29, 1.82) is 0 Å². The zero-order valence-electron chi connectivity index (χ0n) is 30.7. The first-order valence-electron chi connectivity index (χ1n) is 19.7. The Hall–Kier alpha value is -5.22. The molecule has 4 aliphatic heterocycles. The third-order valence-electron chi connectivity index (χ3n) is 12.7. The number of benzene rings is 3. The summed E-state index contributed by atoms with van der Waals surface area (Å²) in [6.45, 7) is 7.61. The highest BCUT2D eigenvalue weighted by Gasteiger charge is 2.39. The number of carbonyl (C=O) groups excluding carboxylic acids is 3. The molecular weight excluding hydrogens is 677 g/mol. The van der Waals surface area contributed by atoms with E-state index in [1.54, 1.807) is 4.90 Å². The second-order valence-electron chi connectivity index (χ2n) is 15.8. The lowest BCUT2D eigenvalue weighted by atomic mass is 9.69. The monoisotopic (exact) mass is 724 g/mol. The van der Waals surface area contributed by atoms with E-state index in [-0.39, 0.29) is 30.1 Å². The van der Waals surface area contributed by atoms with Crippen molar-refractivity contribution >= 4 is 29.1 Å². The number of piperazine rings is 1. The highest BCUT2D eigenvalue weighted by molar-refractivity contribution is 6.05. The summed E-state index contributed by atoms with van der Waals surface area (Å²) in [6, 6.07) is 25.0. The molecule has 1 aromatic heterocycles. The Morgan fingerprint density at radius 2 is 1.44 bits per heavy atom. The lowest BCUT2D eigenvalue weighted by Crippen LogP contribution is -2.52. The Kier molecular flexibility index (Phi) is 9.31. The van der Waals surface area contributed by atoms with Gasteiger partial charge in [-0.3, -0.25) is 29.6 Å². The van der Waals surface area contributed by atoms with Crippen LogP contribution in [0.3, 0.4) is 0 Å². The minimum Gasteiger partial charge on any atom is -0.508 e. The van der Waals surface area contributed by atoms with Crippen LogP contribution in [0.5, 0.6) is 5.75 Å². The number of piperidine rings is 2. The summed E-state index contributed by atoms with van der Waals surface area (Å²) in [5, 5.41) is 12.6. The van der Waals surface area contributed by atoms with Gasteiger partial charge in [-0.05, 0) is 126 Å². The van der Waals surface area contributed by atoms with Crippen molar-refractivity contribution in [2.75, 3.05) is 55.6 Å². The van der Waals surface area contributed by atoms with Crippen molar-refractivity contribution in [2.24, 2.45) is 5.92 Å². The third-order valence-corrected chi connectivity index (χ3v) is 12.7. The van der Waals surface area contributed by atoms with Crippen molar-refractivity contribution in [2.45, 2.75) is 62.9 Å². The number of amides is 3. The molecule has 54 heavy (non-hydrogen) atoms. The van der Waals surface area contributed by atoms with E-state index in [0.717, 1.165) is 69.9 Å². The minimum atomic E-state index is -0.587. The number of rotatable bonds is 7. The van der Waals surface area contributed by atoms with Crippen LogP contribution in [0.4, 0.5) is 11.4 Å². The van der Waals surface area contributed by atoms with Crippen LogP contribution in [0.25, 0.3) is 0 Å². The van der Waals surface area contributed by atoms with Gasteiger partial charge in [-0.2, -0.15) is 0 Å². The van der Waals surface area contributed by atoms with Gasteiger partial charge in [0.05, 0.1) is 0 Å². The van der Waals surface area contributed by atoms with E-state index in [1.807, 2.05) is 36.7 Å². The summed E-state index contributed by atoms with van der Waals surface area (Å²) in [6.07, 6.45) is 8.81. The number of anilines is 2. The van der Waals surface area contributed by atoms with Crippen LogP contribution in [-0.4, -0.2) is 89.5 Å². The van der Waals surface area contributed by atoms with Crippen molar-refractivity contribution in [3.8, 4) is 5.75 Å². The molecule has 0 bridgehead atoms. The van der Waals surface area contributed by atoms with Crippen molar-refractivity contribution in [3.05, 3.63) is 119 Å². The largest absolute Gasteiger partial charge is 0.508 e. The van der Waals surface area contributed by atoms with Crippen LogP contribution in [0.15, 0.2) is 85.2 Å². The van der Waals surface area contributed by atoms with Gasteiger partial charge in [0.2, 0.25) is 11.8 Å². The van der Waals surface area contributed by atoms with Crippen LogP contribution in [0.1, 0.15) is 82.1 Å². The minimum absolute atomic E-state index is 0.123. The Labute approximate surface area is 316 Å². The van der Waals surface area contributed by atoms with E-state index in [9.17, 15) is 19.5 Å². The first-order chi connectivity index (χ1) is 26.4. The third kappa shape index (κ3) is 6.72. The quantitative estimate of drug-likeness (QED) is 0.243. The number of aryl methyl sites for hydroxylation is 1. The van der Waals surface area contributed by atoms with Crippen LogP contribution >= 0.6 is 0 Å². The summed E-state index contributed by atoms with van der Waals surface area (Å²) < 4.78 is 0. The van der Waals surface area contributed by atoms with Crippen molar-refractivity contribution < 1.29 is 19.5 Å². The fourth-order valence-electron chi connectivity index (χ4n) is 9.77. The maximum absolute atomic E-state index is 13.1. The average Bonchev–Trinajstić information content (AvgIpc) is 3.53. The molecule has 3 fully saturated rings. The Morgan fingerprint density at radius 3 is 2.20 bits per heavy atom. The summed E-state index contributed by atoms with van der Waals surface area (Å²) in [7, 11) is 0. The summed E-state index contributed by atoms with van der Waals surface area (Å²) in [5.41, 5.74) is 9.26. The summed E-state index contributed by atoms with van der Waals surface area (Å²) in [5.74, 6) is 0.868. The number of imide groups is 1. The molecule has 1 aliphatic carbocycles. The lowest BCUT2D eigenvalue weighted by molar-refractivity contribution is -0.136. The van der Waals surface area contributed by atoms with E-state index >= 15 is 0 Å². The number of aromatic hydroxyl groups is 1. The predicted octanol–water partition coefficient (Wildman–Crippen LogP) is 5.45. The molecule has 0 radical (unpaired) electrons. The molecule has 5 aliphatic rings. The first kappa shape index (κ1) is 34.5. The molecule has 5 heterocycles. The van der Waals surface area contributed by atoms with Gasteiger partial charge in [0.15, 0.2) is 0 Å². The molecule has 9 rings (SSSR count). The van der Waals surface area contributed by atoms with Gasteiger partial charge in [-0.15, -0.1) is 0 Å². The average molecular weight is 725 g/mol. The van der Waals surface area contributed by atoms with E-state index in [2.05, 4.69) is 73.5 Å². The highest BCUT2D eigenvalue weighted by Crippen LogP contribution is 2.47. The maximum Gasteiger partial charge on any atom is 0.255 e. The molecule has 10 heteroatoms. The Morgan fingerprint density at radius 1 is 0.704 bits per heavy atom. The zero-order valence-corrected chi connectivity index (χ0v) is 30.7. The zero-order chi connectivity index (χ0) is 36.8. The number of pyridine rings is 1. The van der Waals surface area contributed by atoms with E-state index in [1.165, 1.54) is 40.8 Å². The van der Waals surface area contributed by atoms with E-state index in [4.69, 9.17) is 0 Å². The van der Waals surface area contributed by atoms with Crippen LogP contribution in [0, 0.1) is 5.92 Å². The molecule has 278 valence electrons. The molecular formula is C44H48N6O4. The predicted molar refractivity (Wildman–Crippen MR) is 208 cm³/mol. The number of hydrogen-bond acceptors (Lipinski definition) is 8. The number of nitrogens with one attached hydrogen (secondary N) is 1. The van der Waals surface area contributed by atoms with E-state index < -0.39 is 6.04 Å². The van der Waals surface area contributed by atoms with Gasteiger partial charge >= 0.3 is 0 Å². The molecule has 3 amide bonds. The standard InChI is InChI=1S/C44H48N6O4/c51-36-7-10-38-32(26-36)3-8-37(30-13-17-45-18-14-30)42(38)31-1-4-34(5-2-31)48-19-15-29(16-20-48)27-47-21-23-49(24-22-47)35-6-9-39-33(25-35)28-50(44(39)54)40-11-12-41(52)46-43(40)53/h1-2,4-7,9-10,13-14,17-18,25-26,29,37,40,42,51H,3,8,11-12,15-16,19-24,27-28H2,(H,46,52,53)/t37-,40+,42+/m1/s1. The Balaban J connectivity index is 0.780. The molecule has 3 atom stereocenters. The number of phenols is 1. The number of phenolic OH excluding ortho intramolecular Hbond substituents is 1. The van der Waals surface area contributed by atoms with Crippen LogP contribution in [0.2, 0.25) is 0 Å². The molecule has 3 saturated heterocycles. The molecule has 4 aromatic rings. The smallest absolute Gasteiger partial charge is 0.255 e. The van der Waals surface area contributed by atoms with Crippen molar-refractivity contribution in [1.82, 2.24) is 20.1 Å². The van der Waals surface area contributed by atoms with Gasteiger partial charge in [-0.25, -0.2) is 0 Å². The fraction of sp³-hybridized carbons (Fsp3) is 0.409. The second kappa shape index (κ2) is 14.5. The first-order valence-corrected chi connectivity index (χ1v) is 19.7. The van der Waals surface area contributed by atoms with Gasteiger partial charge < -0.3 is 19.8 Å². The van der Waals surface area contributed by atoms with Crippen molar-refractivity contribution in [3.63, 3.8) is 0 Å². The van der Waals surface area contributed by atoms with Gasteiger partial charge in [0.25, 0.3) is 5.91 Å². The number of nitrogens with zero attached hydrogens (tertiary/aromatic N) is 5. The van der Waals surface area contributed by atoms with Gasteiger partial charge in [-0.1, -0.05) is 18.2 Å². The molecule has 10 nitrogen and oxygen atoms in total. The molecule has 0 saturated carbocycles. The number of carbonyl (C=O) groups is 3. The van der Waals surface area contributed by atoms with Gasteiger partial charge in [0.1, 0.15) is 11.8 Å². The van der Waals surface area contributed by atoms with E-state index in [0.29, 0.717) is 36.1 Å². The molecule has 0 unspecified atom stereocenters. The fourth-order valence-corrected chi connectivity index (χ4v) is 9.77.